The molecule has 1 aromatic carbocycles. The molecule has 0 radical (unpaired) electrons. The first-order chi connectivity index (χ1) is 9.17. The molecule has 0 aliphatic rings. The minimum Gasteiger partial charge on any atom is -0.490 e. The average molecular weight is 274 g/mol. The van der Waals surface area contributed by atoms with Crippen LogP contribution in [-0.2, 0) is 0 Å². The van der Waals surface area contributed by atoms with E-state index in [0.29, 0.717) is 5.58 Å². The Bertz CT molecular complexity index is 807. The van der Waals surface area contributed by atoms with E-state index in [-0.39, 0.29) is 5.75 Å². The summed E-state index contributed by atoms with van der Waals surface area (Å²) in [4.78, 5) is 11.6. The van der Waals surface area contributed by atoms with Gasteiger partial charge in [-0.1, -0.05) is 23.5 Å². The van der Waals surface area contributed by atoms with Crippen LogP contribution in [0.15, 0.2) is 33.5 Å². The predicted molar refractivity (Wildman–Crippen MR) is 72.7 cm³/mol. The third kappa shape index (κ3) is 2.10. The zero-order valence-corrected chi connectivity index (χ0v) is 11.2. The van der Waals surface area contributed by atoms with E-state index in [1.807, 2.05) is 19.1 Å². The van der Waals surface area contributed by atoms with Crippen LogP contribution in [0.25, 0.3) is 21.5 Å². The average Bonchev–Trinajstić information content (AvgIpc) is 2.84. The Morgan fingerprint density at radius 1 is 1.26 bits per heavy atom. The number of aryl methyl sites for hydroxylation is 1. The van der Waals surface area contributed by atoms with Crippen molar-refractivity contribution in [3.05, 3.63) is 39.7 Å². The summed E-state index contributed by atoms with van der Waals surface area (Å²) in [5.41, 5.74) is 0.906. The summed E-state index contributed by atoms with van der Waals surface area (Å²) in [5.74, 6) is 0.201. The zero-order chi connectivity index (χ0) is 13.4. The van der Waals surface area contributed by atoms with Gasteiger partial charge < -0.3 is 9.15 Å². The van der Waals surface area contributed by atoms with E-state index < -0.39 is 5.63 Å². The molecular weight excluding hydrogens is 264 g/mol. The fourth-order valence-corrected chi connectivity index (χ4v) is 2.47. The number of hydrogen-bond acceptors (Lipinski definition) is 6. The highest BCUT2D eigenvalue weighted by molar-refractivity contribution is 7.14. The van der Waals surface area contributed by atoms with Gasteiger partial charge in [-0.2, -0.15) is 0 Å². The molecule has 5 nitrogen and oxygen atoms in total. The number of rotatable bonds is 2. The van der Waals surface area contributed by atoms with Crippen LogP contribution in [0, 0.1) is 6.92 Å². The Labute approximate surface area is 112 Å². The smallest absolute Gasteiger partial charge is 0.379 e. The molecule has 2 heterocycles. The highest BCUT2D eigenvalue weighted by atomic mass is 32.1. The largest absolute Gasteiger partial charge is 0.490 e. The predicted octanol–water partition coefficient (Wildman–Crippen LogP) is 2.63. The molecule has 0 aliphatic heterocycles. The molecule has 0 atom stereocenters. The van der Waals surface area contributed by atoms with Crippen LogP contribution in [0.4, 0.5) is 0 Å². The summed E-state index contributed by atoms with van der Waals surface area (Å²) in [6.45, 7) is 1.90. The third-order valence-corrected chi connectivity index (χ3v) is 3.58. The lowest BCUT2D eigenvalue weighted by Crippen LogP contribution is -2.02. The molecule has 0 spiro atoms. The van der Waals surface area contributed by atoms with Gasteiger partial charge in [-0.25, -0.2) is 4.79 Å². The SMILES string of the molecule is COc1cc2ccc(-c3nnc(C)s3)cc2oc1=O. The lowest BCUT2D eigenvalue weighted by atomic mass is 10.1. The zero-order valence-electron chi connectivity index (χ0n) is 10.3. The first-order valence-corrected chi connectivity index (χ1v) is 6.41. The molecule has 0 N–H and O–H groups in total. The summed E-state index contributed by atoms with van der Waals surface area (Å²) in [6, 6.07) is 7.24. The van der Waals surface area contributed by atoms with E-state index in [9.17, 15) is 4.79 Å². The van der Waals surface area contributed by atoms with Crippen LogP contribution in [0.1, 0.15) is 5.01 Å². The fraction of sp³-hybridized carbons (Fsp3) is 0.154. The topological polar surface area (TPSA) is 65.2 Å². The Morgan fingerprint density at radius 3 is 2.79 bits per heavy atom. The van der Waals surface area contributed by atoms with Crippen LogP contribution in [0.5, 0.6) is 5.75 Å². The molecule has 0 saturated heterocycles. The second-order valence-electron chi connectivity index (χ2n) is 3.98. The molecule has 19 heavy (non-hydrogen) atoms. The van der Waals surface area contributed by atoms with Crippen molar-refractivity contribution >= 4 is 22.3 Å². The maximum absolute atomic E-state index is 11.6. The normalized spacial score (nSPS) is 10.8. The third-order valence-electron chi connectivity index (χ3n) is 2.70. The lowest BCUT2D eigenvalue weighted by Gasteiger charge is -2.02. The molecule has 96 valence electrons. The molecule has 0 saturated carbocycles. The standard InChI is InChI=1S/C13H10N2O3S/c1-7-14-15-12(19-7)9-4-3-8-5-11(17-2)13(16)18-10(8)6-9/h3-6H,1-2H3. The molecule has 2 aromatic heterocycles. The second kappa shape index (κ2) is 4.47. The van der Waals surface area contributed by atoms with Gasteiger partial charge in [0.15, 0.2) is 0 Å². The van der Waals surface area contributed by atoms with E-state index in [0.717, 1.165) is 21.0 Å². The van der Waals surface area contributed by atoms with Gasteiger partial charge in [0.25, 0.3) is 0 Å². The van der Waals surface area contributed by atoms with Gasteiger partial charge in [0.05, 0.1) is 7.11 Å². The van der Waals surface area contributed by atoms with Crippen LogP contribution in [0.3, 0.4) is 0 Å². The van der Waals surface area contributed by atoms with Crippen LogP contribution in [0.2, 0.25) is 0 Å². The van der Waals surface area contributed by atoms with Crippen molar-refractivity contribution in [1.29, 1.82) is 0 Å². The molecular formula is C13H10N2O3S. The van der Waals surface area contributed by atoms with E-state index >= 15 is 0 Å². The first-order valence-electron chi connectivity index (χ1n) is 5.60. The van der Waals surface area contributed by atoms with Crippen LogP contribution >= 0.6 is 11.3 Å². The van der Waals surface area contributed by atoms with Crippen molar-refractivity contribution < 1.29 is 9.15 Å². The highest BCUT2D eigenvalue weighted by Gasteiger charge is 2.09. The Hall–Kier alpha value is -2.21. The molecule has 0 fully saturated rings. The molecule has 3 rings (SSSR count). The van der Waals surface area contributed by atoms with E-state index in [4.69, 9.17) is 9.15 Å². The number of hydrogen-bond donors (Lipinski definition) is 0. The van der Waals surface area contributed by atoms with Crippen molar-refractivity contribution in [3.63, 3.8) is 0 Å². The summed E-state index contributed by atoms with van der Waals surface area (Å²) in [7, 11) is 1.44. The van der Waals surface area contributed by atoms with Crippen molar-refractivity contribution in [2.45, 2.75) is 6.92 Å². The molecule has 3 aromatic rings. The van der Waals surface area contributed by atoms with Gasteiger partial charge in [-0.15, -0.1) is 10.2 Å². The quantitative estimate of drug-likeness (QED) is 0.672. The van der Waals surface area contributed by atoms with E-state index in [1.165, 1.54) is 18.4 Å². The summed E-state index contributed by atoms with van der Waals surface area (Å²) in [5, 5.41) is 10.6. The Morgan fingerprint density at radius 2 is 2.11 bits per heavy atom. The van der Waals surface area contributed by atoms with E-state index in [1.54, 1.807) is 12.1 Å². The van der Waals surface area contributed by atoms with Gasteiger partial charge in [-0.3, -0.25) is 0 Å². The molecule has 0 unspecified atom stereocenters. The minimum absolute atomic E-state index is 0.201. The molecule has 0 bridgehead atoms. The minimum atomic E-state index is -0.486. The Balaban J connectivity index is 2.18. The van der Waals surface area contributed by atoms with Crippen molar-refractivity contribution in [1.82, 2.24) is 10.2 Å². The summed E-state index contributed by atoms with van der Waals surface area (Å²) < 4.78 is 10.2. The lowest BCUT2D eigenvalue weighted by molar-refractivity contribution is 0.385. The van der Waals surface area contributed by atoms with Crippen LogP contribution < -0.4 is 10.4 Å². The van der Waals surface area contributed by atoms with Crippen LogP contribution in [-0.4, -0.2) is 17.3 Å². The number of benzene rings is 1. The fourth-order valence-electron chi connectivity index (χ4n) is 1.78. The maximum Gasteiger partial charge on any atom is 0.379 e. The second-order valence-corrected chi connectivity index (χ2v) is 5.16. The Kier molecular flexibility index (Phi) is 2.79. The monoisotopic (exact) mass is 274 g/mol. The molecule has 0 amide bonds. The van der Waals surface area contributed by atoms with Crippen molar-refractivity contribution in [2.75, 3.05) is 7.11 Å². The van der Waals surface area contributed by atoms with E-state index in [2.05, 4.69) is 10.2 Å². The molecule has 0 aliphatic carbocycles. The molecule has 6 heteroatoms. The first kappa shape index (κ1) is 11.9. The number of fused-ring (bicyclic) bond motifs is 1. The maximum atomic E-state index is 11.6. The summed E-state index contributed by atoms with van der Waals surface area (Å²) >= 11 is 1.49. The van der Waals surface area contributed by atoms with Gasteiger partial charge >= 0.3 is 5.63 Å². The highest BCUT2D eigenvalue weighted by Crippen LogP contribution is 2.27. The summed E-state index contributed by atoms with van der Waals surface area (Å²) in [6.07, 6.45) is 0. The van der Waals surface area contributed by atoms with Gasteiger partial charge in [0.2, 0.25) is 5.75 Å². The van der Waals surface area contributed by atoms with Gasteiger partial charge in [0, 0.05) is 10.9 Å². The number of aromatic nitrogens is 2. The van der Waals surface area contributed by atoms with Gasteiger partial charge in [-0.05, 0) is 19.1 Å². The van der Waals surface area contributed by atoms with Crippen molar-refractivity contribution in [2.24, 2.45) is 0 Å². The number of nitrogens with zero attached hydrogens (tertiary/aromatic N) is 2. The number of methoxy groups -OCH3 is 1. The number of ether oxygens (including phenoxy) is 1. The van der Waals surface area contributed by atoms with Gasteiger partial charge in [0.1, 0.15) is 15.6 Å². The van der Waals surface area contributed by atoms with Crippen molar-refractivity contribution in [3.8, 4) is 16.3 Å².